The van der Waals surface area contributed by atoms with E-state index in [0.717, 1.165) is 17.7 Å². The minimum Gasteiger partial charge on any atom is -0.359 e. The molecule has 0 N–H and O–H groups in total. The summed E-state index contributed by atoms with van der Waals surface area (Å²) in [5.74, 6) is -2.35. The number of aromatic nitrogens is 6. The predicted octanol–water partition coefficient (Wildman–Crippen LogP) is 4.53. The van der Waals surface area contributed by atoms with Gasteiger partial charge in [0.25, 0.3) is 0 Å². The molecule has 7 nitrogen and oxygen atoms in total. The molecule has 1 saturated heterocycles. The van der Waals surface area contributed by atoms with Crippen LogP contribution in [0.2, 0.25) is 0 Å². The number of nitrogens with zero attached hydrogens (tertiary/aromatic N) is 6. The summed E-state index contributed by atoms with van der Waals surface area (Å²) in [5, 5.41) is 7.92. The van der Waals surface area contributed by atoms with Gasteiger partial charge >= 0.3 is 0 Å². The van der Waals surface area contributed by atoms with E-state index in [4.69, 9.17) is 4.74 Å². The summed E-state index contributed by atoms with van der Waals surface area (Å²) in [6.07, 6.45) is 7.54. The highest BCUT2D eigenvalue weighted by Crippen LogP contribution is 2.48. The highest BCUT2D eigenvalue weighted by atomic mass is 19.1. The molecule has 0 saturated carbocycles. The fraction of sp³-hybridized carbons (Fsp3) is 0.250. The highest BCUT2D eigenvalue weighted by Gasteiger charge is 2.56. The third-order valence-electron chi connectivity index (χ3n) is 5.66. The summed E-state index contributed by atoms with van der Waals surface area (Å²) in [4.78, 5) is 7.64. The average Bonchev–Trinajstić information content (AvgIpc) is 3.23. The van der Waals surface area contributed by atoms with E-state index in [2.05, 4.69) is 20.2 Å². The summed E-state index contributed by atoms with van der Waals surface area (Å²) in [5.41, 5.74) is 0.690. The average molecular weight is 486 g/mol. The van der Waals surface area contributed by atoms with E-state index in [-0.39, 0.29) is 6.10 Å². The molecule has 2 aromatic carbocycles. The van der Waals surface area contributed by atoms with E-state index >= 15 is 0 Å². The van der Waals surface area contributed by atoms with Gasteiger partial charge in [0.1, 0.15) is 54.2 Å². The summed E-state index contributed by atoms with van der Waals surface area (Å²) >= 11 is 0. The zero-order chi connectivity index (χ0) is 25.0. The lowest BCUT2D eigenvalue weighted by Crippen LogP contribution is -2.22. The van der Waals surface area contributed by atoms with Gasteiger partial charge in [-0.3, -0.25) is 0 Å². The van der Waals surface area contributed by atoms with Gasteiger partial charge in [-0.05, 0) is 37.6 Å². The summed E-state index contributed by atoms with van der Waals surface area (Å²) in [6.45, 7) is 4.41. The van der Waals surface area contributed by atoms with Crippen molar-refractivity contribution in [3.63, 3.8) is 0 Å². The first kappa shape index (κ1) is 24.3. The number of allylic oxidation sites excluding steroid dienone is 2. The van der Waals surface area contributed by atoms with Crippen molar-refractivity contribution < 1.29 is 22.3 Å². The Balaban J connectivity index is 0.000000165. The van der Waals surface area contributed by atoms with Gasteiger partial charge in [-0.15, -0.1) is 0 Å². The maximum Gasteiger partial charge on any atom is 0.142 e. The Morgan fingerprint density at radius 3 is 2.06 bits per heavy atom. The molecule has 3 heterocycles. The standard InChI is InChI=1S/C12H11F2N3O.C12H11F2N3/c1-8-12(18-8,5-17-7-15-6-16-17)10-3-2-9(13)4-11(10)14;1-2-9(6-17-8-15-7-16-17)11-4-3-10(13)5-12(11)14/h2-4,6-8H,5H2,1H3;2-5,7-8H,6H2,1H3. The number of benzene rings is 2. The van der Waals surface area contributed by atoms with Crippen LogP contribution in [0.5, 0.6) is 0 Å². The van der Waals surface area contributed by atoms with Crippen LogP contribution in [0.15, 0.2) is 67.8 Å². The smallest absolute Gasteiger partial charge is 0.142 e. The maximum absolute atomic E-state index is 13.8. The molecule has 0 bridgehead atoms. The van der Waals surface area contributed by atoms with Crippen LogP contribution >= 0.6 is 0 Å². The molecule has 5 rings (SSSR count). The van der Waals surface area contributed by atoms with Crippen LogP contribution in [0.1, 0.15) is 25.0 Å². The quantitative estimate of drug-likeness (QED) is 0.296. The third-order valence-corrected chi connectivity index (χ3v) is 5.66. The van der Waals surface area contributed by atoms with Crippen molar-refractivity contribution in [2.75, 3.05) is 0 Å². The van der Waals surface area contributed by atoms with Gasteiger partial charge in [-0.2, -0.15) is 10.2 Å². The second-order valence-electron chi connectivity index (χ2n) is 7.90. The first-order valence-corrected chi connectivity index (χ1v) is 10.7. The van der Waals surface area contributed by atoms with Crippen LogP contribution in [0.25, 0.3) is 5.57 Å². The first-order chi connectivity index (χ1) is 16.8. The zero-order valence-corrected chi connectivity index (χ0v) is 18.9. The Hall–Kier alpha value is -3.86. The largest absolute Gasteiger partial charge is 0.359 e. The molecule has 182 valence electrons. The number of hydrogen-bond acceptors (Lipinski definition) is 5. The van der Waals surface area contributed by atoms with E-state index in [1.165, 1.54) is 43.2 Å². The van der Waals surface area contributed by atoms with Gasteiger partial charge in [0.05, 0.1) is 19.2 Å². The van der Waals surface area contributed by atoms with Crippen molar-refractivity contribution in [1.29, 1.82) is 0 Å². The molecule has 0 radical (unpaired) electrons. The fourth-order valence-corrected chi connectivity index (χ4v) is 3.77. The van der Waals surface area contributed by atoms with Gasteiger partial charge in [0.15, 0.2) is 0 Å². The lowest BCUT2D eigenvalue weighted by Gasteiger charge is -2.13. The minimum atomic E-state index is -0.772. The normalized spacial score (nSPS) is 19.3. The van der Waals surface area contributed by atoms with Crippen LogP contribution < -0.4 is 0 Å². The Morgan fingerprint density at radius 2 is 1.54 bits per heavy atom. The van der Waals surface area contributed by atoms with Crippen molar-refractivity contribution in [3.05, 3.63) is 102 Å². The van der Waals surface area contributed by atoms with Gasteiger partial charge in [-0.25, -0.2) is 36.9 Å². The van der Waals surface area contributed by atoms with Crippen molar-refractivity contribution in [3.8, 4) is 0 Å². The Bertz CT molecular complexity index is 1310. The molecule has 11 heteroatoms. The van der Waals surface area contributed by atoms with Gasteiger partial charge < -0.3 is 4.74 Å². The maximum atomic E-state index is 13.8. The van der Waals surface area contributed by atoms with Gasteiger partial charge in [0, 0.05) is 23.3 Å². The predicted molar refractivity (Wildman–Crippen MR) is 119 cm³/mol. The molecule has 2 unspecified atom stereocenters. The third kappa shape index (κ3) is 5.46. The highest BCUT2D eigenvalue weighted by molar-refractivity contribution is 5.65. The first-order valence-electron chi connectivity index (χ1n) is 10.7. The molecule has 0 amide bonds. The molecule has 2 atom stereocenters. The Morgan fingerprint density at radius 1 is 0.943 bits per heavy atom. The number of halogens is 4. The van der Waals surface area contributed by atoms with E-state index in [0.29, 0.717) is 24.2 Å². The summed E-state index contributed by atoms with van der Waals surface area (Å²) < 4.78 is 61.8. The SMILES string of the molecule is CC1OC1(Cn1cncn1)c1ccc(F)cc1F.CC=C(Cn1cncn1)c1ccc(F)cc1F. The lowest BCUT2D eigenvalue weighted by atomic mass is 9.95. The van der Waals surface area contributed by atoms with Gasteiger partial charge in [-0.1, -0.05) is 12.1 Å². The Kier molecular flexibility index (Phi) is 7.06. The van der Waals surface area contributed by atoms with E-state index in [1.807, 2.05) is 6.92 Å². The number of hydrogen-bond donors (Lipinski definition) is 0. The van der Waals surface area contributed by atoms with Crippen LogP contribution in [0.3, 0.4) is 0 Å². The fourth-order valence-electron chi connectivity index (χ4n) is 3.77. The molecule has 1 fully saturated rings. The van der Waals surface area contributed by atoms with Crippen LogP contribution in [0, 0.1) is 23.3 Å². The number of epoxide rings is 1. The number of rotatable bonds is 6. The molecule has 1 aliphatic rings. The monoisotopic (exact) mass is 486 g/mol. The zero-order valence-electron chi connectivity index (χ0n) is 18.9. The van der Waals surface area contributed by atoms with Crippen LogP contribution in [0.4, 0.5) is 17.6 Å². The summed E-state index contributed by atoms with van der Waals surface area (Å²) in [7, 11) is 0. The second kappa shape index (κ2) is 10.2. The van der Waals surface area contributed by atoms with E-state index in [9.17, 15) is 17.6 Å². The molecule has 35 heavy (non-hydrogen) atoms. The molecular formula is C24H22F4N6O. The van der Waals surface area contributed by atoms with Gasteiger partial charge in [0.2, 0.25) is 0 Å². The topological polar surface area (TPSA) is 74.0 Å². The Labute approximate surface area is 198 Å². The minimum absolute atomic E-state index is 0.137. The van der Waals surface area contributed by atoms with Crippen molar-refractivity contribution in [2.24, 2.45) is 0 Å². The summed E-state index contributed by atoms with van der Waals surface area (Å²) in [6, 6.07) is 7.06. The molecule has 4 aromatic rings. The second-order valence-corrected chi connectivity index (χ2v) is 7.90. The van der Waals surface area contributed by atoms with Crippen molar-refractivity contribution in [1.82, 2.24) is 29.5 Å². The van der Waals surface area contributed by atoms with Crippen molar-refractivity contribution in [2.45, 2.75) is 38.6 Å². The van der Waals surface area contributed by atoms with Crippen molar-refractivity contribution >= 4 is 5.57 Å². The van der Waals surface area contributed by atoms with E-state index in [1.54, 1.807) is 28.7 Å². The number of ether oxygens (including phenoxy) is 1. The molecule has 1 aliphatic heterocycles. The van der Waals surface area contributed by atoms with Crippen LogP contribution in [-0.2, 0) is 23.4 Å². The van der Waals surface area contributed by atoms with Crippen LogP contribution in [-0.4, -0.2) is 35.6 Å². The molecule has 0 spiro atoms. The molecule has 0 aliphatic carbocycles. The molecular weight excluding hydrogens is 464 g/mol. The van der Waals surface area contributed by atoms with E-state index < -0.39 is 28.9 Å². The molecule has 2 aromatic heterocycles. The lowest BCUT2D eigenvalue weighted by molar-refractivity contribution is 0.257.